The molecule has 0 saturated heterocycles. The monoisotopic (exact) mass is 396 g/mol. The summed E-state index contributed by atoms with van der Waals surface area (Å²) in [6, 6.07) is 0. The predicted molar refractivity (Wildman–Crippen MR) is 117 cm³/mol. The minimum absolute atomic E-state index is 0.304. The standard InChI is InChI=1S/C24H44O4/c1-3-5-7-9-11-13-15-17-19-22(21-23(25)26)24(27)28-20-18-16-14-12-10-8-6-4-2/h21H,3-20H2,1-2H3,(H,25,26). The summed E-state index contributed by atoms with van der Waals surface area (Å²) in [4.78, 5) is 23.2. The highest BCUT2D eigenvalue weighted by Crippen LogP contribution is 2.15. The Balaban J connectivity index is 3.87. The molecule has 164 valence electrons. The van der Waals surface area contributed by atoms with E-state index in [1.54, 1.807) is 0 Å². The van der Waals surface area contributed by atoms with Crippen LogP contribution in [0.1, 0.15) is 123 Å². The topological polar surface area (TPSA) is 63.6 Å². The summed E-state index contributed by atoms with van der Waals surface area (Å²) in [5, 5.41) is 9.00. The Labute approximate surface area is 173 Å². The first-order valence-electron chi connectivity index (χ1n) is 11.7. The smallest absolute Gasteiger partial charge is 0.334 e. The van der Waals surface area contributed by atoms with Gasteiger partial charge in [-0.1, -0.05) is 104 Å². The molecule has 0 aliphatic carbocycles. The van der Waals surface area contributed by atoms with Crippen LogP contribution in [0, 0.1) is 0 Å². The Kier molecular flexibility index (Phi) is 19.5. The molecule has 1 N–H and O–H groups in total. The Morgan fingerprint density at radius 2 is 1.11 bits per heavy atom. The van der Waals surface area contributed by atoms with Gasteiger partial charge in [0.1, 0.15) is 0 Å². The highest BCUT2D eigenvalue weighted by molar-refractivity contribution is 5.95. The van der Waals surface area contributed by atoms with Gasteiger partial charge in [0.15, 0.2) is 0 Å². The maximum Gasteiger partial charge on any atom is 0.334 e. The first-order valence-corrected chi connectivity index (χ1v) is 11.7. The molecule has 0 spiro atoms. The van der Waals surface area contributed by atoms with Crippen molar-refractivity contribution in [2.45, 2.75) is 123 Å². The van der Waals surface area contributed by atoms with Crippen molar-refractivity contribution in [3.63, 3.8) is 0 Å². The molecule has 4 nitrogen and oxygen atoms in total. The van der Waals surface area contributed by atoms with E-state index >= 15 is 0 Å². The summed E-state index contributed by atoms with van der Waals surface area (Å²) >= 11 is 0. The molecule has 0 aromatic rings. The van der Waals surface area contributed by atoms with Crippen molar-refractivity contribution in [2.75, 3.05) is 6.61 Å². The number of carbonyl (C=O) groups excluding carboxylic acids is 1. The molecule has 0 heterocycles. The average molecular weight is 397 g/mol. The Morgan fingerprint density at radius 3 is 1.57 bits per heavy atom. The van der Waals surface area contributed by atoms with Gasteiger partial charge in [0.25, 0.3) is 0 Å². The van der Waals surface area contributed by atoms with E-state index in [4.69, 9.17) is 9.84 Å². The Bertz CT molecular complexity index is 415. The van der Waals surface area contributed by atoms with Crippen molar-refractivity contribution < 1.29 is 19.4 Å². The molecular weight excluding hydrogens is 352 g/mol. The van der Waals surface area contributed by atoms with Crippen LogP contribution < -0.4 is 0 Å². The van der Waals surface area contributed by atoms with Crippen LogP contribution in [-0.4, -0.2) is 23.7 Å². The van der Waals surface area contributed by atoms with Gasteiger partial charge in [-0.25, -0.2) is 9.59 Å². The molecule has 0 amide bonds. The first kappa shape index (κ1) is 26.7. The Hall–Kier alpha value is -1.32. The summed E-state index contributed by atoms with van der Waals surface area (Å²) in [7, 11) is 0. The molecule has 0 bridgehead atoms. The second-order valence-electron chi connectivity index (χ2n) is 7.84. The maximum atomic E-state index is 12.2. The number of unbranched alkanes of at least 4 members (excludes halogenated alkanes) is 14. The zero-order valence-corrected chi connectivity index (χ0v) is 18.5. The van der Waals surface area contributed by atoms with Crippen LogP contribution in [-0.2, 0) is 14.3 Å². The Morgan fingerprint density at radius 1 is 0.679 bits per heavy atom. The number of carboxylic acids is 1. The van der Waals surface area contributed by atoms with E-state index in [0.29, 0.717) is 18.6 Å². The number of carboxylic acid groups (broad SMARTS) is 1. The zero-order valence-electron chi connectivity index (χ0n) is 18.5. The number of aliphatic carboxylic acids is 1. The van der Waals surface area contributed by atoms with Gasteiger partial charge in [-0.3, -0.25) is 0 Å². The van der Waals surface area contributed by atoms with Crippen LogP contribution in [0.4, 0.5) is 0 Å². The number of hydrogen-bond acceptors (Lipinski definition) is 3. The second-order valence-corrected chi connectivity index (χ2v) is 7.84. The molecule has 28 heavy (non-hydrogen) atoms. The minimum atomic E-state index is -1.07. The lowest BCUT2D eigenvalue weighted by atomic mass is 10.0. The van der Waals surface area contributed by atoms with E-state index in [-0.39, 0.29) is 0 Å². The molecule has 0 unspecified atom stereocenters. The van der Waals surface area contributed by atoms with E-state index in [1.807, 2.05) is 0 Å². The average Bonchev–Trinajstić information content (AvgIpc) is 2.67. The normalized spacial score (nSPS) is 11.6. The first-order chi connectivity index (χ1) is 13.6. The van der Waals surface area contributed by atoms with Crippen molar-refractivity contribution >= 4 is 11.9 Å². The van der Waals surface area contributed by atoms with Crippen LogP contribution in [0.5, 0.6) is 0 Å². The van der Waals surface area contributed by atoms with E-state index < -0.39 is 11.9 Å². The second kappa shape index (κ2) is 20.4. The van der Waals surface area contributed by atoms with Crippen molar-refractivity contribution in [2.24, 2.45) is 0 Å². The fourth-order valence-electron chi connectivity index (χ4n) is 3.33. The van der Waals surface area contributed by atoms with Gasteiger partial charge in [-0.15, -0.1) is 0 Å². The van der Waals surface area contributed by atoms with Crippen LogP contribution in [0.15, 0.2) is 11.6 Å². The molecule has 0 aromatic heterocycles. The third kappa shape index (κ3) is 18.1. The number of esters is 1. The van der Waals surface area contributed by atoms with Gasteiger partial charge in [0, 0.05) is 11.6 Å². The molecule has 4 heteroatoms. The summed E-state index contributed by atoms with van der Waals surface area (Å²) in [6.45, 7) is 4.82. The lowest BCUT2D eigenvalue weighted by molar-refractivity contribution is -0.140. The van der Waals surface area contributed by atoms with Crippen molar-refractivity contribution in [3.05, 3.63) is 11.6 Å². The summed E-state index contributed by atoms with van der Waals surface area (Å²) in [5.41, 5.74) is 0.304. The quantitative estimate of drug-likeness (QED) is 0.134. The van der Waals surface area contributed by atoms with Gasteiger partial charge >= 0.3 is 11.9 Å². The summed E-state index contributed by atoms with van der Waals surface area (Å²) in [6.07, 6.45) is 20.4. The third-order valence-electron chi connectivity index (χ3n) is 5.09. The fraction of sp³-hybridized carbons (Fsp3) is 0.833. The van der Waals surface area contributed by atoms with Crippen LogP contribution >= 0.6 is 0 Å². The molecular formula is C24H44O4. The molecule has 0 aliphatic heterocycles. The van der Waals surface area contributed by atoms with Gasteiger partial charge in [-0.05, 0) is 19.3 Å². The van der Waals surface area contributed by atoms with Crippen molar-refractivity contribution in [1.82, 2.24) is 0 Å². The van der Waals surface area contributed by atoms with Crippen molar-refractivity contribution in [3.8, 4) is 0 Å². The highest BCUT2D eigenvalue weighted by Gasteiger charge is 2.12. The van der Waals surface area contributed by atoms with Crippen LogP contribution in [0.25, 0.3) is 0 Å². The molecule has 0 saturated carbocycles. The van der Waals surface area contributed by atoms with Crippen molar-refractivity contribution in [1.29, 1.82) is 0 Å². The summed E-state index contributed by atoms with van der Waals surface area (Å²) in [5.74, 6) is -1.52. The minimum Gasteiger partial charge on any atom is -0.478 e. The predicted octanol–water partition coefficient (Wildman–Crippen LogP) is 7.21. The lowest BCUT2D eigenvalue weighted by Gasteiger charge is -2.08. The SMILES string of the molecule is CCCCCCCCCCOC(=O)C(=CC(=O)O)CCCCCCCCCC. The molecule has 0 aromatic carbocycles. The number of rotatable bonds is 20. The van der Waals surface area contributed by atoms with E-state index in [0.717, 1.165) is 38.2 Å². The van der Waals surface area contributed by atoms with Crippen LogP contribution in [0.3, 0.4) is 0 Å². The molecule has 0 atom stereocenters. The number of carbonyl (C=O) groups is 2. The van der Waals surface area contributed by atoms with E-state index in [9.17, 15) is 9.59 Å². The van der Waals surface area contributed by atoms with Gasteiger partial charge in [0.2, 0.25) is 0 Å². The van der Waals surface area contributed by atoms with E-state index in [1.165, 1.54) is 70.6 Å². The maximum absolute atomic E-state index is 12.2. The van der Waals surface area contributed by atoms with Gasteiger partial charge < -0.3 is 9.84 Å². The van der Waals surface area contributed by atoms with E-state index in [2.05, 4.69) is 13.8 Å². The third-order valence-corrected chi connectivity index (χ3v) is 5.09. The highest BCUT2D eigenvalue weighted by atomic mass is 16.5. The fourth-order valence-corrected chi connectivity index (χ4v) is 3.33. The molecule has 0 rings (SSSR count). The van der Waals surface area contributed by atoms with Gasteiger partial charge in [-0.2, -0.15) is 0 Å². The number of hydrogen-bond donors (Lipinski definition) is 1. The van der Waals surface area contributed by atoms with Gasteiger partial charge in [0.05, 0.1) is 6.61 Å². The zero-order chi connectivity index (χ0) is 20.9. The number of ether oxygens (including phenoxy) is 1. The molecule has 0 radical (unpaired) electrons. The molecule has 0 aliphatic rings. The van der Waals surface area contributed by atoms with Crippen LogP contribution in [0.2, 0.25) is 0 Å². The summed E-state index contributed by atoms with van der Waals surface area (Å²) < 4.78 is 5.30. The largest absolute Gasteiger partial charge is 0.478 e. The molecule has 0 fully saturated rings. The lowest BCUT2D eigenvalue weighted by Crippen LogP contribution is -2.11.